The van der Waals surface area contributed by atoms with Crippen molar-refractivity contribution in [2.45, 2.75) is 66.4 Å². The van der Waals surface area contributed by atoms with Gasteiger partial charge in [0.2, 0.25) is 0 Å². The van der Waals surface area contributed by atoms with E-state index in [2.05, 4.69) is 41.5 Å². The Morgan fingerprint density at radius 3 is 1.79 bits per heavy atom. The maximum atomic E-state index is 6.09. The van der Waals surface area contributed by atoms with Crippen LogP contribution < -0.4 is 0 Å². The number of hydrogen-bond donors (Lipinski definition) is 0. The third-order valence-corrected chi connectivity index (χ3v) is 4.20. The third kappa shape index (κ3) is 1.29. The van der Waals surface area contributed by atoms with Crippen LogP contribution in [0.15, 0.2) is 11.3 Å². The molecule has 0 saturated heterocycles. The zero-order valence-corrected chi connectivity index (χ0v) is 10.5. The molecule has 0 bridgehead atoms. The summed E-state index contributed by atoms with van der Waals surface area (Å²) in [6, 6.07) is 0. The van der Waals surface area contributed by atoms with Gasteiger partial charge in [-0.25, -0.2) is 0 Å². The summed E-state index contributed by atoms with van der Waals surface area (Å²) >= 11 is 0. The van der Waals surface area contributed by atoms with E-state index in [1.807, 2.05) is 0 Å². The minimum Gasteiger partial charge on any atom is -0.491 e. The molecule has 14 heavy (non-hydrogen) atoms. The van der Waals surface area contributed by atoms with Crippen molar-refractivity contribution in [1.29, 1.82) is 0 Å². The summed E-state index contributed by atoms with van der Waals surface area (Å²) < 4.78 is 6.09. The summed E-state index contributed by atoms with van der Waals surface area (Å²) in [5.74, 6) is 1.22. The Labute approximate surface area is 88.5 Å². The Morgan fingerprint density at radius 1 is 1.07 bits per heavy atom. The third-order valence-electron chi connectivity index (χ3n) is 4.20. The first-order chi connectivity index (χ1) is 6.45. The number of allylic oxidation sites excluding steroid dienone is 1. The Balaban J connectivity index is 3.17. The number of ether oxygens (including phenoxy) is 1. The predicted molar refractivity (Wildman–Crippen MR) is 61.2 cm³/mol. The lowest BCUT2D eigenvalue weighted by atomic mass is 9.66. The molecule has 0 N–H and O–H groups in total. The van der Waals surface area contributed by atoms with Crippen molar-refractivity contribution in [1.82, 2.24) is 0 Å². The molecule has 0 aromatic heterocycles. The van der Waals surface area contributed by atoms with Gasteiger partial charge in [-0.15, -0.1) is 0 Å². The van der Waals surface area contributed by atoms with Crippen LogP contribution in [0.4, 0.5) is 0 Å². The normalized spacial score (nSPS) is 23.9. The molecule has 1 aliphatic heterocycles. The summed E-state index contributed by atoms with van der Waals surface area (Å²) in [4.78, 5) is 0. The standard InChI is InChI=1S/C13H24O/c1-7-11-10(4)13(8-2,9-3)12(5,6)14-11/h7-9H2,1-6H3. The average molecular weight is 196 g/mol. The van der Waals surface area contributed by atoms with Gasteiger partial charge in [-0.1, -0.05) is 20.8 Å². The first kappa shape index (κ1) is 11.6. The Hall–Kier alpha value is -0.460. The minimum absolute atomic E-state index is 0.0219. The molecule has 82 valence electrons. The maximum absolute atomic E-state index is 6.09. The van der Waals surface area contributed by atoms with Crippen LogP contribution >= 0.6 is 0 Å². The highest BCUT2D eigenvalue weighted by Crippen LogP contribution is 2.54. The second-order valence-corrected chi connectivity index (χ2v) is 4.80. The van der Waals surface area contributed by atoms with Crippen LogP contribution in [0.3, 0.4) is 0 Å². The van der Waals surface area contributed by atoms with Crippen LogP contribution in [0.5, 0.6) is 0 Å². The molecule has 0 aromatic rings. The van der Waals surface area contributed by atoms with E-state index in [9.17, 15) is 0 Å². The van der Waals surface area contributed by atoms with Crippen molar-refractivity contribution in [3.8, 4) is 0 Å². The smallest absolute Gasteiger partial charge is 0.112 e. The molecule has 0 atom stereocenters. The predicted octanol–water partition coefficient (Wildman–Crippen LogP) is 4.29. The van der Waals surface area contributed by atoms with Gasteiger partial charge in [0, 0.05) is 11.8 Å². The van der Waals surface area contributed by atoms with Crippen molar-refractivity contribution in [3.05, 3.63) is 11.3 Å². The summed E-state index contributed by atoms with van der Waals surface area (Å²) in [7, 11) is 0. The van der Waals surface area contributed by atoms with Gasteiger partial charge in [0.15, 0.2) is 0 Å². The lowest BCUT2D eigenvalue weighted by molar-refractivity contribution is -0.0307. The Bertz CT molecular complexity index is 244. The molecule has 0 spiro atoms. The molecule has 0 saturated carbocycles. The zero-order chi connectivity index (χ0) is 11.0. The van der Waals surface area contributed by atoms with E-state index in [1.165, 1.54) is 24.2 Å². The molecular formula is C13H24O. The first-order valence-corrected chi connectivity index (χ1v) is 5.84. The monoisotopic (exact) mass is 196 g/mol. The van der Waals surface area contributed by atoms with E-state index in [1.54, 1.807) is 0 Å². The van der Waals surface area contributed by atoms with Crippen LogP contribution in [0.25, 0.3) is 0 Å². The highest BCUT2D eigenvalue weighted by Gasteiger charge is 2.51. The van der Waals surface area contributed by atoms with E-state index in [0.717, 1.165) is 6.42 Å². The van der Waals surface area contributed by atoms with Crippen molar-refractivity contribution >= 4 is 0 Å². The molecule has 1 nitrogen and oxygen atoms in total. The molecule has 1 rings (SSSR count). The summed E-state index contributed by atoms with van der Waals surface area (Å²) in [5, 5.41) is 0. The van der Waals surface area contributed by atoms with Gasteiger partial charge < -0.3 is 4.74 Å². The highest BCUT2D eigenvalue weighted by molar-refractivity contribution is 5.27. The van der Waals surface area contributed by atoms with Crippen LogP contribution in [0.2, 0.25) is 0 Å². The molecule has 1 heteroatoms. The summed E-state index contributed by atoms with van der Waals surface area (Å²) in [6.45, 7) is 13.4. The zero-order valence-electron chi connectivity index (χ0n) is 10.5. The van der Waals surface area contributed by atoms with Crippen molar-refractivity contribution in [2.24, 2.45) is 5.41 Å². The highest BCUT2D eigenvalue weighted by atomic mass is 16.5. The lowest BCUT2D eigenvalue weighted by Gasteiger charge is -2.40. The minimum atomic E-state index is -0.0219. The van der Waals surface area contributed by atoms with Gasteiger partial charge in [0.05, 0.1) is 5.76 Å². The van der Waals surface area contributed by atoms with Gasteiger partial charge in [0.25, 0.3) is 0 Å². The average Bonchev–Trinajstić information content (AvgIpc) is 2.34. The first-order valence-electron chi connectivity index (χ1n) is 5.84. The molecule has 0 amide bonds. The van der Waals surface area contributed by atoms with E-state index >= 15 is 0 Å². The Kier molecular flexibility index (Phi) is 2.99. The van der Waals surface area contributed by atoms with Gasteiger partial charge in [0.1, 0.15) is 5.60 Å². The van der Waals surface area contributed by atoms with Crippen LogP contribution in [-0.4, -0.2) is 5.60 Å². The molecule has 0 aromatic carbocycles. The fraction of sp³-hybridized carbons (Fsp3) is 0.846. The molecule has 1 aliphatic rings. The largest absolute Gasteiger partial charge is 0.491 e. The van der Waals surface area contributed by atoms with Crippen molar-refractivity contribution in [2.75, 3.05) is 0 Å². The second-order valence-electron chi connectivity index (χ2n) is 4.80. The Morgan fingerprint density at radius 2 is 1.57 bits per heavy atom. The number of rotatable bonds is 3. The van der Waals surface area contributed by atoms with Gasteiger partial charge in [-0.2, -0.15) is 0 Å². The molecule has 0 radical (unpaired) electrons. The summed E-state index contributed by atoms with van der Waals surface area (Å²) in [6.07, 6.45) is 3.37. The van der Waals surface area contributed by atoms with Crippen LogP contribution in [0.1, 0.15) is 60.8 Å². The van der Waals surface area contributed by atoms with Crippen molar-refractivity contribution in [3.63, 3.8) is 0 Å². The van der Waals surface area contributed by atoms with Crippen molar-refractivity contribution < 1.29 is 4.74 Å². The van der Waals surface area contributed by atoms with Gasteiger partial charge >= 0.3 is 0 Å². The quantitative estimate of drug-likeness (QED) is 0.654. The van der Waals surface area contributed by atoms with E-state index in [0.29, 0.717) is 0 Å². The van der Waals surface area contributed by atoms with E-state index in [4.69, 9.17) is 4.74 Å². The second kappa shape index (κ2) is 3.60. The lowest BCUT2D eigenvalue weighted by Crippen LogP contribution is -2.41. The fourth-order valence-corrected chi connectivity index (χ4v) is 3.17. The van der Waals surface area contributed by atoms with E-state index < -0.39 is 0 Å². The molecule has 1 heterocycles. The molecule has 0 aliphatic carbocycles. The number of hydrogen-bond acceptors (Lipinski definition) is 1. The van der Waals surface area contributed by atoms with E-state index in [-0.39, 0.29) is 11.0 Å². The maximum Gasteiger partial charge on any atom is 0.112 e. The van der Waals surface area contributed by atoms with Gasteiger partial charge in [-0.05, 0) is 39.2 Å². The van der Waals surface area contributed by atoms with Crippen LogP contribution in [0, 0.1) is 5.41 Å². The van der Waals surface area contributed by atoms with Gasteiger partial charge in [-0.3, -0.25) is 0 Å². The van der Waals surface area contributed by atoms with Crippen LogP contribution in [-0.2, 0) is 4.74 Å². The fourth-order valence-electron chi connectivity index (χ4n) is 3.17. The molecular weight excluding hydrogens is 172 g/mol. The SMILES string of the molecule is CCC1=C(C)C(CC)(CC)C(C)(C)O1. The molecule has 0 unspecified atom stereocenters. The topological polar surface area (TPSA) is 9.23 Å². The summed E-state index contributed by atoms with van der Waals surface area (Å²) in [5.41, 5.74) is 1.72. The molecule has 0 fully saturated rings.